The van der Waals surface area contributed by atoms with Gasteiger partial charge in [0.25, 0.3) is 0 Å². The molecule has 4 heteroatoms. The second-order valence-electron chi connectivity index (χ2n) is 3.06. The van der Waals surface area contributed by atoms with Crippen LogP contribution in [0.1, 0.15) is 19.2 Å². The first-order valence-corrected chi connectivity index (χ1v) is 5.21. The lowest BCUT2D eigenvalue weighted by molar-refractivity contribution is 0.525. The molecule has 0 aliphatic heterocycles. The Morgan fingerprint density at radius 3 is 2.64 bits per heavy atom. The lowest BCUT2D eigenvalue weighted by Crippen LogP contribution is -1.80. The summed E-state index contributed by atoms with van der Waals surface area (Å²) in [6.45, 7) is 2.07. The summed E-state index contributed by atoms with van der Waals surface area (Å²) >= 11 is 11.9. The van der Waals surface area contributed by atoms with Gasteiger partial charge >= 0.3 is 0 Å². The molecule has 0 amide bonds. The van der Waals surface area contributed by atoms with Crippen LogP contribution in [0.15, 0.2) is 16.5 Å². The monoisotopic (exact) mass is 229 g/mol. The van der Waals surface area contributed by atoms with E-state index in [2.05, 4.69) is 11.9 Å². The molecule has 0 N–H and O–H groups in total. The van der Waals surface area contributed by atoms with Crippen LogP contribution < -0.4 is 0 Å². The molecular weight excluding hydrogens is 221 g/mol. The van der Waals surface area contributed by atoms with Gasteiger partial charge in [0.15, 0.2) is 11.5 Å². The van der Waals surface area contributed by atoms with E-state index in [0.717, 1.165) is 12.8 Å². The molecule has 0 fully saturated rings. The summed E-state index contributed by atoms with van der Waals surface area (Å²) in [5.74, 6) is 0.692. The Balaban J connectivity index is 2.63. The molecular formula is C10H9Cl2NO. The van der Waals surface area contributed by atoms with Crippen molar-refractivity contribution in [2.75, 3.05) is 0 Å². The first kappa shape index (κ1) is 9.81. The zero-order valence-electron chi connectivity index (χ0n) is 7.68. The van der Waals surface area contributed by atoms with E-state index in [9.17, 15) is 0 Å². The highest BCUT2D eigenvalue weighted by Crippen LogP contribution is 2.30. The predicted molar refractivity (Wildman–Crippen MR) is 58.0 cm³/mol. The van der Waals surface area contributed by atoms with Gasteiger partial charge < -0.3 is 4.42 Å². The van der Waals surface area contributed by atoms with Crippen molar-refractivity contribution in [2.24, 2.45) is 0 Å². The highest BCUT2D eigenvalue weighted by atomic mass is 35.5. The van der Waals surface area contributed by atoms with Crippen molar-refractivity contribution in [1.29, 1.82) is 0 Å². The fourth-order valence-corrected chi connectivity index (χ4v) is 1.69. The lowest BCUT2D eigenvalue weighted by atomic mass is 10.3. The summed E-state index contributed by atoms with van der Waals surface area (Å²) in [5, 5.41) is 1.13. The van der Waals surface area contributed by atoms with Gasteiger partial charge in [-0.25, -0.2) is 4.98 Å². The molecule has 74 valence electrons. The molecule has 0 atom stereocenters. The van der Waals surface area contributed by atoms with Crippen molar-refractivity contribution in [3.05, 3.63) is 28.1 Å². The number of hydrogen-bond donors (Lipinski definition) is 0. The van der Waals surface area contributed by atoms with Crippen molar-refractivity contribution >= 4 is 34.3 Å². The summed E-state index contributed by atoms with van der Waals surface area (Å²) in [4.78, 5) is 4.28. The first-order chi connectivity index (χ1) is 6.72. The Morgan fingerprint density at radius 1 is 1.29 bits per heavy atom. The van der Waals surface area contributed by atoms with Crippen molar-refractivity contribution in [1.82, 2.24) is 4.98 Å². The number of hydrogen-bond acceptors (Lipinski definition) is 2. The van der Waals surface area contributed by atoms with E-state index in [-0.39, 0.29) is 0 Å². The van der Waals surface area contributed by atoms with E-state index < -0.39 is 0 Å². The fourth-order valence-electron chi connectivity index (χ4n) is 1.31. The number of nitrogens with zero attached hydrogens (tertiary/aromatic N) is 1. The van der Waals surface area contributed by atoms with E-state index in [1.807, 2.05) is 0 Å². The normalized spacial score (nSPS) is 11.1. The minimum Gasteiger partial charge on any atom is -0.439 e. The SMILES string of the molecule is CCCc1nc2c(Cl)ccc(Cl)c2o1. The maximum Gasteiger partial charge on any atom is 0.195 e. The molecule has 0 unspecified atom stereocenters. The summed E-state index contributed by atoms with van der Waals surface area (Å²) in [5.41, 5.74) is 1.24. The van der Waals surface area contributed by atoms with E-state index in [4.69, 9.17) is 27.6 Å². The molecule has 2 rings (SSSR count). The topological polar surface area (TPSA) is 26.0 Å². The van der Waals surface area contributed by atoms with Crippen molar-refractivity contribution in [3.8, 4) is 0 Å². The maximum atomic E-state index is 5.96. The molecule has 1 heterocycles. The van der Waals surface area contributed by atoms with Crippen molar-refractivity contribution in [2.45, 2.75) is 19.8 Å². The van der Waals surface area contributed by atoms with Gasteiger partial charge in [-0.3, -0.25) is 0 Å². The van der Waals surface area contributed by atoms with Crippen LogP contribution in [-0.2, 0) is 6.42 Å². The smallest absolute Gasteiger partial charge is 0.195 e. The standard InChI is InChI=1S/C10H9Cl2NO/c1-2-3-8-13-9-6(11)4-5-7(12)10(9)14-8/h4-5H,2-3H2,1H3. The summed E-state index contributed by atoms with van der Waals surface area (Å²) in [6, 6.07) is 3.44. The van der Waals surface area contributed by atoms with Gasteiger partial charge in [-0.05, 0) is 18.6 Å². The Kier molecular flexibility index (Phi) is 2.66. The minimum atomic E-state index is 0.555. The Labute approximate surface area is 91.8 Å². The number of aromatic nitrogens is 1. The van der Waals surface area contributed by atoms with Crippen LogP contribution >= 0.6 is 23.2 Å². The molecule has 0 aliphatic rings. The van der Waals surface area contributed by atoms with Crippen LogP contribution in [0.2, 0.25) is 10.0 Å². The third-order valence-corrected chi connectivity index (χ3v) is 2.56. The Morgan fingerprint density at radius 2 is 2.00 bits per heavy atom. The number of rotatable bonds is 2. The fraction of sp³-hybridized carbons (Fsp3) is 0.300. The molecule has 2 nitrogen and oxygen atoms in total. The Hall–Kier alpha value is -0.730. The molecule has 1 aromatic carbocycles. The number of benzene rings is 1. The average molecular weight is 230 g/mol. The average Bonchev–Trinajstić information content (AvgIpc) is 2.57. The van der Waals surface area contributed by atoms with Crippen LogP contribution in [0.4, 0.5) is 0 Å². The second-order valence-corrected chi connectivity index (χ2v) is 3.88. The maximum absolute atomic E-state index is 5.96. The molecule has 0 saturated carbocycles. The number of halogens is 2. The third kappa shape index (κ3) is 1.60. The van der Waals surface area contributed by atoms with Crippen LogP contribution in [0.25, 0.3) is 11.1 Å². The van der Waals surface area contributed by atoms with Crippen LogP contribution in [0.3, 0.4) is 0 Å². The van der Waals surface area contributed by atoms with Gasteiger partial charge in [0, 0.05) is 6.42 Å². The van der Waals surface area contributed by atoms with Gasteiger partial charge in [-0.2, -0.15) is 0 Å². The van der Waals surface area contributed by atoms with Crippen molar-refractivity contribution in [3.63, 3.8) is 0 Å². The number of oxazole rings is 1. The van der Waals surface area contributed by atoms with Crippen LogP contribution in [0, 0.1) is 0 Å². The lowest BCUT2D eigenvalue weighted by Gasteiger charge is -1.91. The molecule has 0 radical (unpaired) electrons. The highest BCUT2D eigenvalue weighted by molar-refractivity contribution is 6.39. The van der Waals surface area contributed by atoms with Crippen LogP contribution in [0.5, 0.6) is 0 Å². The van der Waals surface area contributed by atoms with E-state index in [1.54, 1.807) is 12.1 Å². The molecule has 0 spiro atoms. The molecule has 1 aromatic heterocycles. The summed E-state index contributed by atoms with van der Waals surface area (Å²) in [7, 11) is 0. The van der Waals surface area contributed by atoms with E-state index in [1.165, 1.54) is 0 Å². The minimum absolute atomic E-state index is 0.555. The molecule has 0 saturated heterocycles. The summed E-state index contributed by atoms with van der Waals surface area (Å²) < 4.78 is 5.49. The zero-order chi connectivity index (χ0) is 10.1. The van der Waals surface area contributed by atoms with E-state index >= 15 is 0 Å². The Bertz CT molecular complexity index is 425. The highest BCUT2D eigenvalue weighted by Gasteiger charge is 2.11. The van der Waals surface area contributed by atoms with Gasteiger partial charge in [-0.15, -0.1) is 0 Å². The predicted octanol–water partition coefficient (Wildman–Crippen LogP) is 4.09. The largest absolute Gasteiger partial charge is 0.439 e. The van der Waals surface area contributed by atoms with Crippen LogP contribution in [-0.4, -0.2) is 4.98 Å². The number of aryl methyl sites for hydroxylation is 1. The van der Waals surface area contributed by atoms with E-state index in [0.29, 0.717) is 27.0 Å². The third-order valence-electron chi connectivity index (χ3n) is 1.95. The van der Waals surface area contributed by atoms with Gasteiger partial charge in [0.1, 0.15) is 5.52 Å². The second kappa shape index (κ2) is 3.79. The van der Waals surface area contributed by atoms with Gasteiger partial charge in [0.2, 0.25) is 0 Å². The number of fused-ring (bicyclic) bond motifs is 1. The zero-order valence-corrected chi connectivity index (χ0v) is 9.19. The molecule has 0 aliphatic carbocycles. The molecule has 14 heavy (non-hydrogen) atoms. The summed E-state index contributed by atoms with van der Waals surface area (Å²) in [6.07, 6.45) is 1.80. The molecule has 0 bridgehead atoms. The first-order valence-electron chi connectivity index (χ1n) is 4.45. The van der Waals surface area contributed by atoms with Gasteiger partial charge in [0.05, 0.1) is 10.0 Å². The quantitative estimate of drug-likeness (QED) is 0.776. The molecule has 2 aromatic rings. The van der Waals surface area contributed by atoms with Gasteiger partial charge in [-0.1, -0.05) is 30.1 Å². The van der Waals surface area contributed by atoms with Crippen molar-refractivity contribution < 1.29 is 4.42 Å².